The third-order valence-electron chi connectivity index (χ3n) is 6.46. The lowest BCUT2D eigenvalue weighted by Gasteiger charge is -2.29. The maximum Gasteiger partial charge on any atom is 0.321 e. The van der Waals surface area contributed by atoms with E-state index >= 15 is 0 Å². The molecular formula is C26H27ClN6O5S. The van der Waals surface area contributed by atoms with Gasteiger partial charge in [0, 0.05) is 17.5 Å². The van der Waals surface area contributed by atoms with Crippen LogP contribution in [0, 0.1) is 0 Å². The summed E-state index contributed by atoms with van der Waals surface area (Å²) >= 11 is 7.69. The van der Waals surface area contributed by atoms with Gasteiger partial charge in [0.05, 0.1) is 34.6 Å². The van der Waals surface area contributed by atoms with Gasteiger partial charge in [0.25, 0.3) is 5.91 Å². The predicted molar refractivity (Wildman–Crippen MR) is 146 cm³/mol. The summed E-state index contributed by atoms with van der Waals surface area (Å²) in [6.07, 6.45) is 1.27. The van der Waals surface area contributed by atoms with E-state index in [2.05, 4.69) is 20.9 Å². The number of imide groups is 1. The summed E-state index contributed by atoms with van der Waals surface area (Å²) in [6.45, 7) is 6.34. The fourth-order valence-electron chi connectivity index (χ4n) is 4.55. The van der Waals surface area contributed by atoms with Crippen LogP contribution in [0.2, 0.25) is 5.02 Å². The Labute approximate surface area is 233 Å². The minimum absolute atomic E-state index is 0.111. The van der Waals surface area contributed by atoms with Crippen molar-refractivity contribution in [3.05, 3.63) is 45.6 Å². The number of urea groups is 1. The maximum atomic E-state index is 12.9. The first kappa shape index (κ1) is 26.8. The van der Waals surface area contributed by atoms with Crippen molar-refractivity contribution in [2.24, 2.45) is 0 Å². The molecule has 0 radical (unpaired) electrons. The number of thiazole rings is 1. The number of rotatable bonds is 7. The number of anilines is 1. The van der Waals surface area contributed by atoms with Crippen LogP contribution in [0.3, 0.4) is 0 Å². The highest BCUT2D eigenvalue weighted by Gasteiger charge is 2.40. The quantitative estimate of drug-likeness (QED) is 0.365. The van der Waals surface area contributed by atoms with E-state index in [0.717, 1.165) is 11.1 Å². The minimum atomic E-state index is -0.836. The van der Waals surface area contributed by atoms with E-state index in [0.29, 0.717) is 39.2 Å². The van der Waals surface area contributed by atoms with E-state index < -0.39 is 23.5 Å². The predicted octanol–water partition coefficient (Wildman–Crippen LogP) is 3.95. The topological polar surface area (TPSA) is 143 Å². The summed E-state index contributed by atoms with van der Waals surface area (Å²) in [6, 6.07) is 5.43. The highest BCUT2D eigenvalue weighted by atomic mass is 35.5. The van der Waals surface area contributed by atoms with Crippen LogP contribution in [0.1, 0.15) is 61.1 Å². The standard InChI is InChI=1S/C26H27ClN6O5S/c1-4-9-38-17-10-13(27)11-18-21(17)31-24(39-18)26(2,3)32-25(37)29-19-7-5-14-15(28-19)12-33(23(14)36)16-6-8-20(34)30-22(16)35/h5,7,10-11,16H,4,6,8-9,12H2,1-3H3,(H,30,34,35)(H2,28,29,32,37). The van der Waals surface area contributed by atoms with E-state index in [1.165, 1.54) is 22.3 Å². The van der Waals surface area contributed by atoms with Crippen LogP contribution in [0.25, 0.3) is 10.2 Å². The largest absolute Gasteiger partial charge is 0.491 e. The van der Waals surface area contributed by atoms with Crippen molar-refractivity contribution >= 4 is 62.7 Å². The first-order chi connectivity index (χ1) is 18.6. The second-order valence-electron chi connectivity index (χ2n) is 9.91. The second kappa shape index (κ2) is 10.4. The van der Waals surface area contributed by atoms with Gasteiger partial charge in [-0.2, -0.15) is 0 Å². The van der Waals surface area contributed by atoms with Crippen LogP contribution in [0.4, 0.5) is 10.6 Å². The molecule has 1 atom stereocenters. The Balaban J connectivity index is 1.28. The van der Waals surface area contributed by atoms with Crippen molar-refractivity contribution in [2.45, 2.75) is 58.2 Å². The number of aromatic nitrogens is 2. The van der Waals surface area contributed by atoms with Gasteiger partial charge >= 0.3 is 6.03 Å². The lowest BCUT2D eigenvalue weighted by molar-refractivity contribution is -0.136. The molecule has 2 aliphatic rings. The molecule has 1 saturated heterocycles. The van der Waals surface area contributed by atoms with Gasteiger partial charge in [-0.05, 0) is 44.9 Å². The number of amides is 5. The summed E-state index contributed by atoms with van der Waals surface area (Å²) in [5.41, 5.74) is 0.663. The molecule has 5 amide bonds. The highest BCUT2D eigenvalue weighted by molar-refractivity contribution is 7.18. The van der Waals surface area contributed by atoms with Crippen LogP contribution >= 0.6 is 22.9 Å². The minimum Gasteiger partial charge on any atom is -0.491 e. The summed E-state index contributed by atoms with van der Waals surface area (Å²) in [4.78, 5) is 60.1. The Morgan fingerprint density at radius 1 is 1.26 bits per heavy atom. The Hall–Kier alpha value is -3.77. The molecule has 1 aromatic carbocycles. The smallest absolute Gasteiger partial charge is 0.321 e. The van der Waals surface area contributed by atoms with E-state index in [9.17, 15) is 19.2 Å². The Bertz CT molecular complexity index is 1510. The van der Waals surface area contributed by atoms with Crippen LogP contribution in [0.15, 0.2) is 24.3 Å². The van der Waals surface area contributed by atoms with E-state index in [-0.39, 0.29) is 37.0 Å². The molecule has 3 aromatic rings. The molecule has 204 valence electrons. The van der Waals surface area contributed by atoms with Crippen molar-refractivity contribution in [1.29, 1.82) is 0 Å². The van der Waals surface area contributed by atoms with Crippen molar-refractivity contribution in [1.82, 2.24) is 25.5 Å². The number of hydrogen-bond acceptors (Lipinski definition) is 8. The third kappa shape index (κ3) is 5.39. The van der Waals surface area contributed by atoms with Crippen molar-refractivity contribution < 1.29 is 23.9 Å². The van der Waals surface area contributed by atoms with Crippen LogP contribution < -0.4 is 20.7 Å². The zero-order valence-electron chi connectivity index (χ0n) is 21.6. The molecule has 13 heteroatoms. The molecule has 39 heavy (non-hydrogen) atoms. The number of carbonyl (C=O) groups is 4. The molecule has 5 rings (SSSR count). The first-order valence-corrected chi connectivity index (χ1v) is 13.7. The van der Waals surface area contributed by atoms with E-state index in [1.54, 1.807) is 12.1 Å². The molecule has 2 aromatic heterocycles. The molecule has 1 unspecified atom stereocenters. The van der Waals surface area contributed by atoms with Gasteiger partial charge in [0.15, 0.2) is 0 Å². The number of benzene rings is 1. The molecule has 2 aliphatic heterocycles. The number of ether oxygens (including phenoxy) is 1. The number of carbonyl (C=O) groups excluding carboxylic acids is 4. The van der Waals surface area contributed by atoms with Crippen molar-refractivity contribution in [3.63, 3.8) is 0 Å². The number of fused-ring (bicyclic) bond motifs is 2. The summed E-state index contributed by atoms with van der Waals surface area (Å²) in [7, 11) is 0. The highest BCUT2D eigenvalue weighted by Crippen LogP contribution is 2.37. The number of nitrogens with zero attached hydrogens (tertiary/aromatic N) is 3. The molecule has 0 bridgehead atoms. The number of hydrogen-bond donors (Lipinski definition) is 3. The number of nitrogens with one attached hydrogen (secondary N) is 3. The van der Waals surface area contributed by atoms with Gasteiger partial charge in [-0.25, -0.2) is 14.8 Å². The third-order valence-corrected chi connectivity index (χ3v) is 8.00. The average Bonchev–Trinajstić information content (AvgIpc) is 3.44. The van der Waals surface area contributed by atoms with Crippen LogP contribution in [-0.2, 0) is 21.7 Å². The lowest BCUT2D eigenvalue weighted by atomic mass is 10.0. The number of piperidine rings is 1. The molecule has 0 spiro atoms. The molecule has 0 aliphatic carbocycles. The van der Waals surface area contributed by atoms with Gasteiger partial charge in [-0.1, -0.05) is 18.5 Å². The van der Waals surface area contributed by atoms with Gasteiger partial charge in [-0.3, -0.25) is 25.0 Å². The molecule has 11 nitrogen and oxygen atoms in total. The summed E-state index contributed by atoms with van der Waals surface area (Å²) < 4.78 is 6.67. The second-order valence-corrected chi connectivity index (χ2v) is 11.4. The van der Waals surface area contributed by atoms with Gasteiger partial charge in [-0.15, -0.1) is 11.3 Å². The maximum absolute atomic E-state index is 12.9. The average molecular weight is 571 g/mol. The lowest BCUT2D eigenvalue weighted by Crippen LogP contribution is -2.52. The number of pyridine rings is 1. The SMILES string of the molecule is CCCOc1cc(Cl)cc2sc(C(C)(C)NC(=O)Nc3ccc4c(n3)CN(C3CCC(=O)NC3=O)C4=O)nc12. The van der Waals surface area contributed by atoms with Gasteiger partial charge in [0.2, 0.25) is 11.8 Å². The normalized spacial score (nSPS) is 17.3. The summed E-state index contributed by atoms with van der Waals surface area (Å²) in [5.74, 6) is -0.314. The molecular weight excluding hydrogens is 544 g/mol. The Morgan fingerprint density at radius 2 is 2.05 bits per heavy atom. The first-order valence-electron chi connectivity index (χ1n) is 12.5. The van der Waals surface area contributed by atoms with Gasteiger partial charge in [0.1, 0.15) is 28.1 Å². The van der Waals surface area contributed by atoms with Crippen molar-refractivity contribution in [2.75, 3.05) is 11.9 Å². The van der Waals surface area contributed by atoms with E-state index in [1.807, 2.05) is 26.8 Å². The molecule has 3 N–H and O–H groups in total. The van der Waals surface area contributed by atoms with Crippen LogP contribution in [0.5, 0.6) is 5.75 Å². The monoisotopic (exact) mass is 570 g/mol. The Kier molecular flexibility index (Phi) is 7.17. The molecule has 1 fully saturated rings. The van der Waals surface area contributed by atoms with E-state index in [4.69, 9.17) is 21.3 Å². The van der Waals surface area contributed by atoms with Crippen molar-refractivity contribution in [3.8, 4) is 5.75 Å². The van der Waals surface area contributed by atoms with Gasteiger partial charge < -0.3 is 15.0 Å². The fraction of sp³-hybridized carbons (Fsp3) is 0.385. The fourth-order valence-corrected chi connectivity index (χ4v) is 5.90. The molecule has 0 saturated carbocycles. The zero-order valence-corrected chi connectivity index (χ0v) is 23.2. The molecule has 4 heterocycles. The Morgan fingerprint density at radius 3 is 2.79 bits per heavy atom. The van der Waals surface area contributed by atoms with Crippen LogP contribution in [-0.4, -0.2) is 51.3 Å². The summed E-state index contributed by atoms with van der Waals surface area (Å²) in [5, 5.41) is 9.14. The zero-order chi connectivity index (χ0) is 27.9. The number of halogens is 1.